The summed E-state index contributed by atoms with van der Waals surface area (Å²) in [6.07, 6.45) is -3.25. The Morgan fingerprint density at radius 1 is 1.20 bits per heavy atom. The van der Waals surface area contributed by atoms with Crippen LogP contribution in [0, 0.1) is 11.3 Å². The summed E-state index contributed by atoms with van der Waals surface area (Å²) in [5, 5.41) is 11.6. The molecule has 6 nitrogen and oxygen atoms in total. The van der Waals surface area contributed by atoms with Gasteiger partial charge < -0.3 is 14.7 Å². The van der Waals surface area contributed by atoms with E-state index in [4.69, 9.17) is 4.74 Å². The smallest absolute Gasteiger partial charge is 0.416 e. The molecular formula is C20H19F3N2O4S. The van der Waals surface area contributed by atoms with Gasteiger partial charge in [-0.15, -0.1) is 11.3 Å². The molecule has 1 amide bonds. The van der Waals surface area contributed by atoms with E-state index < -0.39 is 29.0 Å². The average Bonchev–Trinajstić information content (AvgIpc) is 3.33. The standard InChI is InChI=1S/C20H19F3N2O4S/c21-20(22,23)13-3-1-12(2-4-13)16-24-15(10-30-16)17(26)25-9-14(18(27)28)19(11-25)5-7-29-8-6-19/h1-4,10,14H,5-9,11H2,(H,27,28). The van der Waals surface area contributed by atoms with Gasteiger partial charge in [0, 0.05) is 42.7 Å². The van der Waals surface area contributed by atoms with Gasteiger partial charge in [-0.3, -0.25) is 9.59 Å². The second-order valence-electron chi connectivity index (χ2n) is 7.66. The molecule has 0 aliphatic carbocycles. The van der Waals surface area contributed by atoms with Gasteiger partial charge in [0.1, 0.15) is 10.7 Å². The summed E-state index contributed by atoms with van der Waals surface area (Å²) >= 11 is 1.16. The summed E-state index contributed by atoms with van der Waals surface area (Å²) in [6.45, 7) is 1.39. The molecule has 4 rings (SSSR count). The molecule has 0 saturated carbocycles. The van der Waals surface area contributed by atoms with E-state index in [9.17, 15) is 27.9 Å². The van der Waals surface area contributed by atoms with Gasteiger partial charge in [-0.05, 0) is 25.0 Å². The molecule has 30 heavy (non-hydrogen) atoms. The average molecular weight is 440 g/mol. The van der Waals surface area contributed by atoms with E-state index in [2.05, 4.69) is 4.98 Å². The Balaban J connectivity index is 1.52. The quantitative estimate of drug-likeness (QED) is 0.786. The van der Waals surface area contributed by atoms with E-state index in [1.54, 1.807) is 5.38 Å². The monoisotopic (exact) mass is 440 g/mol. The summed E-state index contributed by atoms with van der Waals surface area (Å²) in [5.74, 6) is -1.94. The van der Waals surface area contributed by atoms with Crippen molar-refractivity contribution in [2.75, 3.05) is 26.3 Å². The number of amides is 1. The molecule has 160 valence electrons. The number of carboxylic acids is 1. The van der Waals surface area contributed by atoms with Crippen molar-refractivity contribution >= 4 is 23.2 Å². The summed E-state index contributed by atoms with van der Waals surface area (Å²) < 4.78 is 43.6. The molecule has 1 N–H and O–H groups in total. The molecule has 1 aromatic heterocycles. The molecule has 1 unspecified atom stereocenters. The van der Waals surface area contributed by atoms with E-state index in [0.717, 1.165) is 23.5 Å². The number of carboxylic acid groups (broad SMARTS) is 1. The normalized spacial score (nSPS) is 21.2. The highest BCUT2D eigenvalue weighted by molar-refractivity contribution is 7.13. The van der Waals surface area contributed by atoms with Crippen molar-refractivity contribution in [2.45, 2.75) is 19.0 Å². The highest BCUT2D eigenvalue weighted by Crippen LogP contribution is 2.45. The van der Waals surface area contributed by atoms with Gasteiger partial charge in [0.2, 0.25) is 0 Å². The van der Waals surface area contributed by atoms with E-state index in [-0.39, 0.29) is 18.1 Å². The minimum absolute atomic E-state index is 0.112. The van der Waals surface area contributed by atoms with Gasteiger partial charge in [-0.2, -0.15) is 13.2 Å². The largest absolute Gasteiger partial charge is 0.481 e. The number of rotatable bonds is 3. The van der Waals surface area contributed by atoms with Gasteiger partial charge >= 0.3 is 12.1 Å². The number of carbonyl (C=O) groups is 2. The third kappa shape index (κ3) is 3.81. The fourth-order valence-electron chi connectivity index (χ4n) is 4.22. The molecule has 2 aromatic rings. The molecule has 1 spiro atoms. The molecule has 10 heteroatoms. The van der Waals surface area contributed by atoms with Crippen LogP contribution in [-0.2, 0) is 15.7 Å². The van der Waals surface area contributed by atoms with Crippen LogP contribution in [0.2, 0.25) is 0 Å². The lowest BCUT2D eigenvalue weighted by Crippen LogP contribution is -2.40. The van der Waals surface area contributed by atoms with E-state index in [0.29, 0.717) is 43.2 Å². The van der Waals surface area contributed by atoms with Gasteiger partial charge in [0.25, 0.3) is 5.91 Å². The number of nitrogens with zero attached hydrogens (tertiary/aromatic N) is 2. The van der Waals surface area contributed by atoms with Crippen LogP contribution >= 0.6 is 11.3 Å². The van der Waals surface area contributed by atoms with Gasteiger partial charge in [-0.1, -0.05) is 12.1 Å². The van der Waals surface area contributed by atoms with Crippen LogP contribution in [0.3, 0.4) is 0 Å². The Kier molecular flexibility index (Phi) is 5.31. The van der Waals surface area contributed by atoms with Crippen LogP contribution < -0.4 is 0 Å². The molecule has 2 aliphatic rings. The predicted molar refractivity (Wildman–Crippen MR) is 102 cm³/mol. The fraction of sp³-hybridized carbons (Fsp3) is 0.450. The zero-order valence-corrected chi connectivity index (χ0v) is 16.6. The zero-order valence-electron chi connectivity index (χ0n) is 15.8. The summed E-state index contributed by atoms with van der Waals surface area (Å²) in [5.41, 5.74) is -0.593. The Morgan fingerprint density at radius 2 is 1.87 bits per heavy atom. The van der Waals surface area contributed by atoms with Crippen LogP contribution in [-0.4, -0.2) is 53.2 Å². The van der Waals surface area contributed by atoms with Crippen molar-refractivity contribution in [3.05, 3.63) is 40.9 Å². The Morgan fingerprint density at radius 3 is 2.47 bits per heavy atom. The fourth-order valence-corrected chi connectivity index (χ4v) is 5.02. The topological polar surface area (TPSA) is 79.7 Å². The first-order chi connectivity index (χ1) is 14.2. The summed E-state index contributed by atoms with van der Waals surface area (Å²) in [4.78, 5) is 30.6. The lowest BCUT2D eigenvalue weighted by atomic mass is 9.72. The second kappa shape index (κ2) is 7.66. The maximum absolute atomic E-state index is 13.0. The lowest BCUT2D eigenvalue weighted by Gasteiger charge is -2.36. The number of ether oxygens (including phenoxy) is 1. The number of likely N-dealkylation sites (tertiary alicyclic amines) is 1. The van der Waals surface area contributed by atoms with Crippen molar-refractivity contribution in [1.82, 2.24) is 9.88 Å². The van der Waals surface area contributed by atoms with Crippen LogP contribution in [0.1, 0.15) is 28.9 Å². The number of halogens is 3. The predicted octanol–water partition coefficient (Wildman–Crippen LogP) is 3.78. The number of carbonyl (C=O) groups excluding carboxylic acids is 1. The summed E-state index contributed by atoms with van der Waals surface area (Å²) in [7, 11) is 0. The highest BCUT2D eigenvalue weighted by atomic mass is 32.1. The lowest BCUT2D eigenvalue weighted by molar-refractivity contribution is -0.147. The second-order valence-corrected chi connectivity index (χ2v) is 8.52. The number of aromatic nitrogens is 1. The van der Waals surface area contributed by atoms with Gasteiger partial charge in [0.05, 0.1) is 11.5 Å². The number of thiazole rings is 1. The Hall–Kier alpha value is -2.46. The maximum atomic E-state index is 13.0. The minimum Gasteiger partial charge on any atom is -0.481 e. The first-order valence-corrected chi connectivity index (χ1v) is 10.3. The van der Waals surface area contributed by atoms with E-state index >= 15 is 0 Å². The molecule has 2 aliphatic heterocycles. The van der Waals surface area contributed by atoms with Crippen molar-refractivity contribution in [2.24, 2.45) is 11.3 Å². The van der Waals surface area contributed by atoms with E-state index in [1.807, 2.05) is 0 Å². The van der Waals surface area contributed by atoms with Gasteiger partial charge in [-0.25, -0.2) is 4.98 Å². The number of hydrogen-bond donors (Lipinski definition) is 1. The first-order valence-electron chi connectivity index (χ1n) is 9.43. The molecule has 3 heterocycles. The highest BCUT2D eigenvalue weighted by Gasteiger charge is 2.52. The van der Waals surface area contributed by atoms with Crippen molar-refractivity contribution in [3.8, 4) is 10.6 Å². The zero-order chi connectivity index (χ0) is 21.5. The third-order valence-corrected chi connectivity index (χ3v) is 6.80. The van der Waals surface area contributed by atoms with Crippen LogP contribution in [0.15, 0.2) is 29.6 Å². The van der Waals surface area contributed by atoms with Crippen LogP contribution in [0.25, 0.3) is 10.6 Å². The number of aliphatic carboxylic acids is 1. The van der Waals surface area contributed by atoms with Crippen molar-refractivity contribution in [3.63, 3.8) is 0 Å². The maximum Gasteiger partial charge on any atom is 0.416 e. The van der Waals surface area contributed by atoms with Crippen molar-refractivity contribution in [1.29, 1.82) is 0 Å². The molecular weight excluding hydrogens is 421 g/mol. The number of hydrogen-bond acceptors (Lipinski definition) is 5. The molecule has 1 aromatic carbocycles. The Labute approximate surface area is 174 Å². The van der Waals surface area contributed by atoms with E-state index in [1.165, 1.54) is 17.0 Å². The van der Waals surface area contributed by atoms with Crippen LogP contribution in [0.5, 0.6) is 0 Å². The SMILES string of the molecule is O=C(O)C1CN(C(=O)c2csc(-c3ccc(C(F)(F)F)cc3)n2)CC12CCOCC2. The molecule has 0 radical (unpaired) electrons. The molecule has 1 atom stereocenters. The Bertz CT molecular complexity index is 952. The minimum atomic E-state index is -4.42. The molecule has 2 saturated heterocycles. The molecule has 0 bridgehead atoms. The number of benzene rings is 1. The van der Waals surface area contributed by atoms with Crippen LogP contribution in [0.4, 0.5) is 13.2 Å². The van der Waals surface area contributed by atoms with Gasteiger partial charge in [0.15, 0.2) is 0 Å². The summed E-state index contributed by atoms with van der Waals surface area (Å²) in [6, 6.07) is 4.60. The number of alkyl halides is 3. The molecule has 2 fully saturated rings. The van der Waals surface area contributed by atoms with Crippen molar-refractivity contribution < 1.29 is 32.6 Å². The first kappa shape index (κ1) is 20.8. The third-order valence-electron chi connectivity index (χ3n) is 5.90.